The van der Waals surface area contributed by atoms with Crippen LogP contribution in [0.3, 0.4) is 0 Å². The minimum absolute atomic E-state index is 0.0000926. The first kappa shape index (κ1) is 80.3. The number of ketones is 7. The third kappa shape index (κ3) is 29.7. The summed E-state index contributed by atoms with van der Waals surface area (Å²) >= 11 is 0. The van der Waals surface area contributed by atoms with Crippen LogP contribution >= 0.6 is 0 Å². The second kappa shape index (κ2) is 43.1. The lowest BCUT2D eigenvalue weighted by Crippen LogP contribution is -2.47. The van der Waals surface area contributed by atoms with Crippen molar-refractivity contribution in [2.24, 2.45) is 71.0 Å². The van der Waals surface area contributed by atoms with E-state index in [4.69, 9.17) is 0 Å². The van der Waals surface area contributed by atoms with Gasteiger partial charge in [0.25, 0.3) is 0 Å². The standard InChI is InChI=1S/2C11H20O2.C10H19NO2.C10H18O2.C9H17NO2.2C9H16O2/c2*1-8(2)10(12)11(13)9-6-4-3-5-7-9;1-7(2)9(12)10(13)8-5-3-4-6-11-8;1-7(2)9(11)10(12)8-5-3-4-6-8;1-6(2)8(11)9(12)7-4-3-5-10-7;2*1-6(2)8(10)9(11)7-4-3-5-7/h2*8-9,11,13H,3-7H2,1-2H3;7-8,10-11,13H,3-6H2,1-2H3;7-8,10,12H,3-6H2,1-2H3;6-7,9-10,12H,3-5H2,1-2H3;2*6-7,9,11H,3-5H2,1-2H3. The van der Waals surface area contributed by atoms with Crippen molar-refractivity contribution >= 4 is 40.5 Å². The summed E-state index contributed by atoms with van der Waals surface area (Å²) < 4.78 is 0. The molecule has 0 radical (unpaired) electrons. The Labute approximate surface area is 514 Å². The summed E-state index contributed by atoms with van der Waals surface area (Å²) in [4.78, 5) is 79.6. The van der Waals surface area contributed by atoms with E-state index in [1.54, 1.807) is 0 Å². The Kier molecular flexibility index (Phi) is 40.8. The van der Waals surface area contributed by atoms with Gasteiger partial charge in [0.05, 0.1) is 0 Å². The molecule has 16 heteroatoms. The Morgan fingerprint density at radius 3 is 0.588 bits per heavy atom. The zero-order valence-corrected chi connectivity index (χ0v) is 55.7. The number of aliphatic hydroxyl groups excluding tert-OH is 7. The smallest absolute Gasteiger partial charge is 0.165 e. The maximum Gasteiger partial charge on any atom is 0.165 e. The number of Topliss-reactive ketones (excluding diaryl/α,β-unsaturated/α-hetero) is 7. The molecular weight excluding hydrogens is 1080 g/mol. The van der Waals surface area contributed by atoms with Gasteiger partial charge in [-0.15, -0.1) is 0 Å². The summed E-state index contributed by atoms with van der Waals surface area (Å²) in [5.41, 5.74) is 0. The zero-order valence-electron chi connectivity index (χ0n) is 55.7. The number of rotatable bonds is 21. The molecule has 5 aliphatic carbocycles. The van der Waals surface area contributed by atoms with Gasteiger partial charge in [0.15, 0.2) is 40.5 Å². The molecule has 85 heavy (non-hydrogen) atoms. The average Bonchev–Trinajstić information content (AvgIpc) is 4.30. The van der Waals surface area contributed by atoms with Gasteiger partial charge in [-0.1, -0.05) is 168 Å². The first-order valence-electron chi connectivity index (χ1n) is 33.9. The highest BCUT2D eigenvalue weighted by Crippen LogP contribution is 2.33. The Hall–Kier alpha value is -2.67. The molecule has 9 unspecified atom stereocenters. The second-order valence-electron chi connectivity index (χ2n) is 28.0. The monoisotopic (exact) mass is 1210 g/mol. The molecule has 0 spiro atoms. The summed E-state index contributed by atoms with van der Waals surface area (Å²) in [5, 5.41) is 73.7. The largest absolute Gasteiger partial charge is 0.385 e. The van der Waals surface area contributed by atoms with Crippen LogP contribution in [-0.2, 0) is 33.6 Å². The number of hydrogen-bond donors (Lipinski definition) is 9. The molecule has 0 aromatic rings. The quantitative estimate of drug-likeness (QED) is 0.0517. The SMILES string of the molecule is CC(C)C(=O)C(O)C1CCC1.CC(C)C(=O)C(O)C1CCC1.CC(C)C(=O)C(O)C1CCCC1.CC(C)C(=O)C(O)C1CCCCC1.CC(C)C(=O)C(O)C1CCCCC1.CC(C)C(=O)C(O)C1CCCCN1.CC(C)C(=O)C(O)C1CCCN1. The summed E-state index contributed by atoms with van der Waals surface area (Å²) in [5.74, 6) is 0.979. The van der Waals surface area contributed by atoms with Gasteiger partial charge in [0.1, 0.15) is 42.7 Å². The number of nitrogens with one attached hydrogen (secondary N) is 2. The molecule has 7 rings (SSSR count). The summed E-state index contributed by atoms with van der Waals surface area (Å²) in [7, 11) is 0. The van der Waals surface area contributed by atoms with Crippen LogP contribution in [0.4, 0.5) is 0 Å². The van der Waals surface area contributed by atoms with Crippen LogP contribution in [0, 0.1) is 71.0 Å². The predicted molar refractivity (Wildman–Crippen MR) is 337 cm³/mol. The number of hydrogen-bond acceptors (Lipinski definition) is 16. The van der Waals surface area contributed by atoms with Crippen molar-refractivity contribution in [3.63, 3.8) is 0 Å². The molecule has 7 aliphatic rings. The molecule has 2 saturated heterocycles. The minimum atomic E-state index is -0.805. The Morgan fingerprint density at radius 1 is 0.235 bits per heavy atom. The van der Waals surface area contributed by atoms with Crippen molar-refractivity contribution in [2.45, 2.75) is 312 Å². The second-order valence-corrected chi connectivity index (χ2v) is 28.0. The lowest BCUT2D eigenvalue weighted by Gasteiger charge is -2.30. The van der Waals surface area contributed by atoms with Crippen LogP contribution in [0.1, 0.15) is 257 Å². The van der Waals surface area contributed by atoms with Gasteiger partial charge >= 0.3 is 0 Å². The van der Waals surface area contributed by atoms with Crippen molar-refractivity contribution in [2.75, 3.05) is 13.1 Å². The fourth-order valence-corrected chi connectivity index (χ4v) is 11.8. The van der Waals surface area contributed by atoms with Crippen LogP contribution in [0.15, 0.2) is 0 Å². The van der Waals surface area contributed by atoms with E-state index < -0.39 is 42.7 Å². The molecule has 2 aliphatic heterocycles. The zero-order chi connectivity index (χ0) is 64.7. The summed E-state index contributed by atoms with van der Waals surface area (Å²) in [6.45, 7) is 27.6. The molecule has 0 amide bonds. The molecule has 16 nitrogen and oxygen atoms in total. The van der Waals surface area contributed by atoms with Gasteiger partial charge in [-0.05, 0) is 133 Å². The summed E-state index contributed by atoms with van der Waals surface area (Å²) in [6, 6.07) is -0.0106. The van der Waals surface area contributed by atoms with Gasteiger partial charge in [-0.3, -0.25) is 33.6 Å². The van der Waals surface area contributed by atoms with Crippen LogP contribution in [0.2, 0.25) is 0 Å². The number of carbonyl (C=O) groups is 7. The molecular formula is C69H126N2O14. The average molecular weight is 1210 g/mol. The number of aliphatic hydroxyl groups is 7. The third-order valence-corrected chi connectivity index (χ3v) is 18.5. The lowest BCUT2D eigenvalue weighted by molar-refractivity contribution is -0.135. The van der Waals surface area contributed by atoms with Crippen LogP contribution in [0.25, 0.3) is 0 Å². The van der Waals surface area contributed by atoms with E-state index >= 15 is 0 Å². The fourth-order valence-electron chi connectivity index (χ4n) is 11.8. The minimum Gasteiger partial charge on any atom is -0.385 e. The van der Waals surface area contributed by atoms with Crippen LogP contribution in [-0.4, -0.2) is 144 Å². The maximum absolute atomic E-state index is 11.5. The Morgan fingerprint density at radius 2 is 0.412 bits per heavy atom. The molecule has 0 aromatic carbocycles. The molecule has 5 saturated carbocycles. The Bertz CT molecular complexity index is 1710. The highest BCUT2D eigenvalue weighted by molar-refractivity contribution is 5.87. The van der Waals surface area contributed by atoms with E-state index in [-0.39, 0.29) is 124 Å². The van der Waals surface area contributed by atoms with Crippen molar-refractivity contribution < 1.29 is 69.3 Å². The van der Waals surface area contributed by atoms with E-state index in [9.17, 15) is 69.3 Å². The molecule has 9 N–H and O–H groups in total. The van der Waals surface area contributed by atoms with E-state index in [2.05, 4.69) is 10.6 Å². The third-order valence-electron chi connectivity index (χ3n) is 18.5. The first-order chi connectivity index (χ1) is 39.9. The molecule has 496 valence electrons. The van der Waals surface area contributed by atoms with E-state index in [1.165, 1.54) is 64.2 Å². The first-order valence-corrected chi connectivity index (χ1v) is 33.9. The lowest BCUT2D eigenvalue weighted by atomic mass is 9.78. The molecule has 7 fully saturated rings. The van der Waals surface area contributed by atoms with E-state index in [0.29, 0.717) is 0 Å². The van der Waals surface area contributed by atoms with Crippen LogP contribution < -0.4 is 10.6 Å². The molecule has 0 bridgehead atoms. The number of piperidine rings is 1. The highest BCUT2D eigenvalue weighted by Gasteiger charge is 2.35. The van der Waals surface area contributed by atoms with Crippen LogP contribution in [0.5, 0.6) is 0 Å². The fraction of sp³-hybridized carbons (Fsp3) is 0.899. The molecule has 9 atom stereocenters. The van der Waals surface area contributed by atoms with Crippen molar-refractivity contribution in [3.05, 3.63) is 0 Å². The Balaban J connectivity index is 0.000000496. The normalized spacial score (nSPS) is 23.0. The van der Waals surface area contributed by atoms with Gasteiger partial charge in [0, 0.05) is 53.5 Å². The highest BCUT2D eigenvalue weighted by atomic mass is 16.3. The van der Waals surface area contributed by atoms with Gasteiger partial charge in [-0.2, -0.15) is 0 Å². The van der Waals surface area contributed by atoms with E-state index in [0.717, 1.165) is 109 Å². The van der Waals surface area contributed by atoms with E-state index in [1.807, 2.05) is 96.9 Å². The van der Waals surface area contributed by atoms with Gasteiger partial charge in [-0.25, -0.2) is 0 Å². The molecule has 0 aromatic heterocycles. The van der Waals surface area contributed by atoms with Crippen molar-refractivity contribution in [3.8, 4) is 0 Å². The van der Waals surface area contributed by atoms with Crippen molar-refractivity contribution in [1.82, 2.24) is 10.6 Å². The maximum atomic E-state index is 11.5. The van der Waals surface area contributed by atoms with Gasteiger partial charge in [0.2, 0.25) is 0 Å². The van der Waals surface area contributed by atoms with Gasteiger partial charge < -0.3 is 46.4 Å². The summed E-state index contributed by atoms with van der Waals surface area (Å²) in [6.07, 6.45) is 22.3. The van der Waals surface area contributed by atoms with Crippen molar-refractivity contribution in [1.29, 1.82) is 0 Å². The topological polar surface area (TPSA) is 285 Å². The number of carbonyl (C=O) groups excluding carboxylic acids is 7. The molecule has 2 heterocycles. The predicted octanol–water partition coefficient (Wildman–Crippen LogP) is 9.85.